The lowest BCUT2D eigenvalue weighted by Crippen LogP contribution is -2.37. The highest BCUT2D eigenvalue weighted by Crippen LogP contribution is 2.33. The van der Waals surface area contributed by atoms with Crippen LogP contribution < -0.4 is 9.47 Å². The molecule has 1 amide bonds. The molecule has 0 N–H and O–H groups in total. The number of hydrogen-bond acceptors (Lipinski definition) is 8. The number of ether oxygens (including phenoxy) is 5. The molecule has 1 saturated heterocycles. The first-order valence-electron chi connectivity index (χ1n) is 8.22. The summed E-state index contributed by atoms with van der Waals surface area (Å²) in [6, 6.07) is 5.56. The van der Waals surface area contributed by atoms with Gasteiger partial charge in [0.25, 0.3) is 0 Å². The van der Waals surface area contributed by atoms with E-state index in [2.05, 4.69) is 0 Å². The Balaban J connectivity index is 1.40. The van der Waals surface area contributed by atoms with Crippen molar-refractivity contribution in [1.29, 1.82) is 0 Å². The summed E-state index contributed by atoms with van der Waals surface area (Å²) in [6.45, 7) is 1.65. The van der Waals surface area contributed by atoms with Crippen molar-refractivity contribution in [3.8, 4) is 11.5 Å². The van der Waals surface area contributed by atoms with Crippen LogP contribution in [0.3, 0.4) is 0 Å². The molecule has 2 aliphatic rings. The highest BCUT2D eigenvalue weighted by Gasteiger charge is 2.24. The van der Waals surface area contributed by atoms with Gasteiger partial charge in [0.2, 0.25) is 13.6 Å². The van der Waals surface area contributed by atoms with E-state index in [1.807, 2.05) is 25.1 Å². The molecule has 2 heterocycles. The molecule has 26 heavy (non-hydrogen) atoms. The molecule has 0 spiro atoms. The summed E-state index contributed by atoms with van der Waals surface area (Å²) in [5.74, 6) is 2.97. The van der Waals surface area contributed by atoms with Crippen molar-refractivity contribution in [3.63, 3.8) is 0 Å². The molecule has 1 unspecified atom stereocenters. The van der Waals surface area contributed by atoms with E-state index in [4.69, 9.17) is 23.7 Å². The Morgan fingerprint density at radius 2 is 2.04 bits per heavy atom. The number of hydrogen-bond donors (Lipinski definition) is 0. The number of fused-ring (bicyclic) bond motifs is 1. The van der Waals surface area contributed by atoms with E-state index in [1.165, 1.54) is 4.90 Å². The molecule has 3 rings (SSSR count). The molecule has 8 nitrogen and oxygen atoms in total. The van der Waals surface area contributed by atoms with Gasteiger partial charge < -0.3 is 28.6 Å². The van der Waals surface area contributed by atoms with E-state index in [0.717, 1.165) is 22.8 Å². The van der Waals surface area contributed by atoms with Gasteiger partial charge in [-0.2, -0.15) is 11.8 Å². The van der Waals surface area contributed by atoms with Crippen molar-refractivity contribution >= 4 is 24.0 Å². The molecule has 0 aliphatic carbocycles. The van der Waals surface area contributed by atoms with Crippen LogP contribution in [0, 0.1) is 0 Å². The van der Waals surface area contributed by atoms with Crippen LogP contribution in [0.2, 0.25) is 0 Å². The molecular formula is C17H21NO7S. The second-order valence-corrected chi connectivity index (χ2v) is 7.13. The van der Waals surface area contributed by atoms with Crippen molar-refractivity contribution in [3.05, 3.63) is 23.8 Å². The summed E-state index contributed by atoms with van der Waals surface area (Å²) in [5, 5.41) is 0. The second kappa shape index (κ2) is 8.39. The minimum atomic E-state index is -0.820. The molecule has 1 aromatic rings. The van der Waals surface area contributed by atoms with Crippen molar-refractivity contribution in [1.82, 2.24) is 4.90 Å². The molecule has 1 aromatic carbocycles. The van der Waals surface area contributed by atoms with Crippen LogP contribution in [0.5, 0.6) is 11.5 Å². The predicted octanol–water partition coefficient (Wildman–Crippen LogP) is 2.64. The van der Waals surface area contributed by atoms with E-state index in [0.29, 0.717) is 12.2 Å². The number of thioether (sulfide) groups is 1. The molecular weight excluding hydrogens is 362 g/mol. The standard InChI is InChI=1S/C17H21NO7S/c1-11(5-12-3-4-14-15(6-12)22-9-21-14)18(2)16(19)23-10-24-17(20)25-13-7-26-8-13/h3-4,6,11,13H,5,7-10H2,1-2H3. The Hall–Kier alpha value is -2.29. The Morgan fingerprint density at radius 1 is 1.27 bits per heavy atom. The van der Waals surface area contributed by atoms with Crippen molar-refractivity contribution in [2.24, 2.45) is 0 Å². The van der Waals surface area contributed by atoms with Crippen LogP contribution in [0.25, 0.3) is 0 Å². The van der Waals surface area contributed by atoms with Gasteiger partial charge >= 0.3 is 12.2 Å². The van der Waals surface area contributed by atoms with Gasteiger partial charge in [-0.3, -0.25) is 0 Å². The lowest BCUT2D eigenvalue weighted by Gasteiger charge is -2.25. The summed E-state index contributed by atoms with van der Waals surface area (Å²) in [6.07, 6.45) is -0.887. The third-order valence-corrected chi connectivity index (χ3v) is 5.36. The molecule has 2 aliphatic heterocycles. The predicted molar refractivity (Wildman–Crippen MR) is 93.5 cm³/mol. The van der Waals surface area contributed by atoms with Gasteiger partial charge in [0, 0.05) is 24.6 Å². The van der Waals surface area contributed by atoms with E-state index in [1.54, 1.807) is 18.8 Å². The Bertz CT molecular complexity index is 665. The zero-order valence-electron chi connectivity index (χ0n) is 14.6. The number of likely N-dealkylation sites (N-methyl/N-ethyl adjacent to an activating group) is 1. The summed E-state index contributed by atoms with van der Waals surface area (Å²) in [5.41, 5.74) is 1.01. The monoisotopic (exact) mass is 383 g/mol. The van der Waals surface area contributed by atoms with E-state index >= 15 is 0 Å². The first-order valence-corrected chi connectivity index (χ1v) is 9.37. The van der Waals surface area contributed by atoms with Crippen LogP contribution in [0.1, 0.15) is 12.5 Å². The topological polar surface area (TPSA) is 83.5 Å². The van der Waals surface area contributed by atoms with Crippen LogP contribution in [0.4, 0.5) is 9.59 Å². The SMILES string of the molecule is CC(Cc1ccc2c(c1)OCO2)N(C)C(=O)OCOC(=O)OC1CSC1. The van der Waals surface area contributed by atoms with Crippen molar-refractivity contribution < 1.29 is 33.3 Å². The smallest absolute Gasteiger partial charge is 0.454 e. The molecule has 9 heteroatoms. The number of carbonyl (C=O) groups excluding carboxylic acids is 2. The average molecular weight is 383 g/mol. The zero-order valence-corrected chi connectivity index (χ0v) is 15.5. The Labute approximate surface area is 155 Å². The normalized spacial score (nSPS) is 16.4. The van der Waals surface area contributed by atoms with Crippen LogP contribution in [-0.2, 0) is 20.6 Å². The molecule has 142 valence electrons. The first-order chi connectivity index (χ1) is 12.5. The summed E-state index contributed by atoms with van der Waals surface area (Å²) in [7, 11) is 1.63. The third-order valence-electron chi connectivity index (χ3n) is 4.15. The van der Waals surface area contributed by atoms with Gasteiger partial charge in [0.15, 0.2) is 11.5 Å². The van der Waals surface area contributed by atoms with E-state index in [9.17, 15) is 9.59 Å². The number of nitrogens with zero attached hydrogens (tertiary/aromatic N) is 1. The number of benzene rings is 1. The molecule has 0 saturated carbocycles. The zero-order chi connectivity index (χ0) is 18.5. The van der Waals surface area contributed by atoms with Crippen LogP contribution in [-0.4, -0.2) is 61.4 Å². The fourth-order valence-electron chi connectivity index (χ4n) is 2.41. The van der Waals surface area contributed by atoms with Crippen molar-refractivity contribution in [2.45, 2.75) is 25.5 Å². The minimum Gasteiger partial charge on any atom is -0.454 e. The fourth-order valence-corrected chi connectivity index (χ4v) is 2.97. The van der Waals surface area contributed by atoms with Crippen LogP contribution >= 0.6 is 11.8 Å². The van der Waals surface area contributed by atoms with Gasteiger partial charge in [-0.05, 0) is 31.0 Å². The quantitative estimate of drug-likeness (QED) is 0.548. The molecule has 1 atom stereocenters. The van der Waals surface area contributed by atoms with Crippen LogP contribution in [0.15, 0.2) is 18.2 Å². The highest BCUT2D eigenvalue weighted by molar-refractivity contribution is 8.00. The average Bonchev–Trinajstić information content (AvgIpc) is 3.05. The molecule has 0 radical (unpaired) electrons. The molecule has 1 fully saturated rings. The lowest BCUT2D eigenvalue weighted by molar-refractivity contribution is -0.0328. The van der Waals surface area contributed by atoms with Gasteiger partial charge in [-0.25, -0.2) is 9.59 Å². The maximum Gasteiger partial charge on any atom is 0.511 e. The summed E-state index contributed by atoms with van der Waals surface area (Å²) < 4.78 is 25.3. The maximum absolute atomic E-state index is 12.1. The van der Waals surface area contributed by atoms with Gasteiger partial charge in [0.05, 0.1) is 0 Å². The summed E-state index contributed by atoms with van der Waals surface area (Å²) in [4.78, 5) is 24.9. The van der Waals surface area contributed by atoms with E-state index < -0.39 is 19.0 Å². The Morgan fingerprint density at radius 3 is 2.77 bits per heavy atom. The number of carbonyl (C=O) groups is 2. The molecule has 0 aromatic heterocycles. The number of rotatable bonds is 6. The Kier molecular flexibility index (Phi) is 5.97. The largest absolute Gasteiger partial charge is 0.511 e. The molecule has 0 bridgehead atoms. The lowest BCUT2D eigenvalue weighted by atomic mass is 10.1. The fraction of sp³-hybridized carbons (Fsp3) is 0.529. The highest BCUT2D eigenvalue weighted by atomic mass is 32.2. The minimum absolute atomic E-state index is 0.104. The third kappa shape index (κ3) is 4.66. The van der Waals surface area contributed by atoms with Gasteiger partial charge in [-0.15, -0.1) is 0 Å². The number of amides is 1. The second-order valence-electron chi connectivity index (χ2n) is 6.05. The first kappa shape index (κ1) is 18.5. The summed E-state index contributed by atoms with van der Waals surface area (Å²) >= 11 is 1.69. The maximum atomic E-state index is 12.1. The van der Waals surface area contributed by atoms with Crippen molar-refractivity contribution in [2.75, 3.05) is 32.1 Å². The van der Waals surface area contributed by atoms with Gasteiger partial charge in [0.1, 0.15) is 6.10 Å². The van der Waals surface area contributed by atoms with E-state index in [-0.39, 0.29) is 18.9 Å². The van der Waals surface area contributed by atoms with Gasteiger partial charge in [-0.1, -0.05) is 6.07 Å².